The van der Waals surface area contributed by atoms with Crippen LogP contribution in [0, 0.1) is 0 Å². The van der Waals surface area contributed by atoms with Crippen LogP contribution >= 0.6 is 22.7 Å². The van der Waals surface area contributed by atoms with Gasteiger partial charge in [-0.05, 0) is 48.5 Å². The van der Waals surface area contributed by atoms with Gasteiger partial charge in [0.2, 0.25) is 11.8 Å². The van der Waals surface area contributed by atoms with E-state index in [1.165, 1.54) is 18.3 Å². The number of carbonyl (C=O) groups is 2. The molecule has 0 atom stereocenters. The summed E-state index contributed by atoms with van der Waals surface area (Å²) in [6.45, 7) is 2.00. The number of thiophene rings is 1. The maximum atomic E-state index is 12.4. The van der Waals surface area contributed by atoms with Crippen LogP contribution in [0.4, 0.5) is 5.13 Å². The Bertz CT molecular complexity index is 1240. The number of ether oxygens (including phenoxy) is 1. The Morgan fingerprint density at radius 2 is 1.91 bits per heavy atom. The van der Waals surface area contributed by atoms with E-state index in [0.717, 1.165) is 38.3 Å². The van der Waals surface area contributed by atoms with Crippen molar-refractivity contribution in [3.05, 3.63) is 64.5 Å². The van der Waals surface area contributed by atoms with E-state index < -0.39 is 0 Å². The first kappa shape index (κ1) is 22.8. The minimum atomic E-state index is -0.115. The predicted octanol–water partition coefficient (Wildman–Crippen LogP) is 5.35. The zero-order valence-electron chi connectivity index (χ0n) is 18.2. The highest BCUT2D eigenvalue weighted by Gasteiger charge is 2.12. The maximum Gasteiger partial charge on any atom is 0.226 e. The predicted molar refractivity (Wildman–Crippen MR) is 131 cm³/mol. The van der Waals surface area contributed by atoms with E-state index in [-0.39, 0.29) is 11.8 Å². The lowest BCUT2D eigenvalue weighted by atomic mass is 10.2. The molecule has 3 heterocycles. The molecule has 7 nitrogen and oxygen atoms in total. The van der Waals surface area contributed by atoms with E-state index in [4.69, 9.17) is 9.15 Å². The Morgan fingerprint density at radius 3 is 2.67 bits per heavy atom. The number of amides is 2. The Balaban J connectivity index is 1.29. The number of carbonyl (C=O) groups excluding carboxylic acids is 2. The standard InChI is InChI=1S/C24H23N3O4S2/c1-15(28)25-13-19-9-11-22(33-19)20-14-32-24(26-20)27-23(29)12-8-18-7-10-21(31-18)16-3-5-17(30-2)6-4-16/h3-7,9-11,14H,8,12-13H2,1-2H3,(H,25,28)(H,26,27,29). The molecule has 3 aromatic heterocycles. The van der Waals surface area contributed by atoms with Gasteiger partial charge in [-0.3, -0.25) is 9.59 Å². The molecule has 0 aliphatic heterocycles. The summed E-state index contributed by atoms with van der Waals surface area (Å²) in [5, 5.41) is 8.12. The van der Waals surface area contributed by atoms with Crippen LogP contribution in [0.15, 0.2) is 58.3 Å². The molecule has 170 valence electrons. The molecule has 0 spiro atoms. The van der Waals surface area contributed by atoms with E-state index in [0.29, 0.717) is 24.5 Å². The van der Waals surface area contributed by atoms with E-state index in [1.807, 2.05) is 53.9 Å². The quantitative estimate of drug-likeness (QED) is 0.336. The van der Waals surface area contributed by atoms with Crippen LogP contribution in [-0.4, -0.2) is 23.9 Å². The summed E-state index contributed by atoms with van der Waals surface area (Å²) in [6, 6.07) is 15.4. The van der Waals surface area contributed by atoms with Gasteiger partial charge in [-0.1, -0.05) is 0 Å². The molecular formula is C24H23N3O4S2. The van der Waals surface area contributed by atoms with Gasteiger partial charge in [-0.15, -0.1) is 22.7 Å². The monoisotopic (exact) mass is 481 g/mol. The Hall–Kier alpha value is -3.43. The van der Waals surface area contributed by atoms with Gasteiger partial charge < -0.3 is 19.8 Å². The summed E-state index contributed by atoms with van der Waals surface area (Å²) >= 11 is 2.95. The molecule has 4 aromatic rings. The third kappa shape index (κ3) is 6.09. The number of anilines is 1. The van der Waals surface area contributed by atoms with Crippen LogP contribution in [-0.2, 0) is 22.6 Å². The minimum absolute atomic E-state index is 0.0601. The van der Waals surface area contributed by atoms with Gasteiger partial charge in [0.15, 0.2) is 5.13 Å². The van der Waals surface area contributed by atoms with Crippen molar-refractivity contribution in [2.24, 2.45) is 0 Å². The first-order chi connectivity index (χ1) is 16.0. The summed E-state index contributed by atoms with van der Waals surface area (Å²) in [7, 11) is 1.63. The van der Waals surface area contributed by atoms with E-state index in [9.17, 15) is 9.59 Å². The fraction of sp³-hybridized carbons (Fsp3) is 0.208. The van der Waals surface area contributed by atoms with E-state index in [1.54, 1.807) is 18.4 Å². The van der Waals surface area contributed by atoms with Crippen LogP contribution in [0.25, 0.3) is 21.9 Å². The molecule has 2 amide bonds. The molecule has 0 radical (unpaired) electrons. The van der Waals surface area contributed by atoms with E-state index >= 15 is 0 Å². The number of benzene rings is 1. The average molecular weight is 482 g/mol. The number of nitrogens with zero attached hydrogens (tertiary/aromatic N) is 1. The largest absolute Gasteiger partial charge is 0.497 e. The first-order valence-corrected chi connectivity index (χ1v) is 12.0. The van der Waals surface area contributed by atoms with Gasteiger partial charge in [0.25, 0.3) is 0 Å². The van der Waals surface area contributed by atoms with Crippen molar-refractivity contribution in [3.63, 3.8) is 0 Å². The van der Waals surface area contributed by atoms with Crippen LogP contribution in [0.1, 0.15) is 24.0 Å². The lowest BCUT2D eigenvalue weighted by molar-refractivity contribution is -0.119. The Morgan fingerprint density at radius 1 is 1.09 bits per heavy atom. The van der Waals surface area contributed by atoms with Crippen molar-refractivity contribution in [2.75, 3.05) is 12.4 Å². The van der Waals surface area contributed by atoms with E-state index in [2.05, 4.69) is 15.6 Å². The van der Waals surface area contributed by atoms with Crippen molar-refractivity contribution in [1.82, 2.24) is 10.3 Å². The number of aryl methyl sites for hydroxylation is 1. The number of rotatable bonds is 9. The van der Waals surface area contributed by atoms with Crippen molar-refractivity contribution in [3.8, 4) is 27.6 Å². The second kappa shape index (κ2) is 10.5. The molecule has 1 aromatic carbocycles. The number of furan rings is 1. The zero-order valence-corrected chi connectivity index (χ0v) is 19.8. The van der Waals surface area contributed by atoms with Crippen LogP contribution in [0.3, 0.4) is 0 Å². The van der Waals surface area contributed by atoms with Crippen LogP contribution in [0.5, 0.6) is 5.75 Å². The molecule has 0 aliphatic rings. The number of aromatic nitrogens is 1. The van der Waals surface area contributed by atoms with Gasteiger partial charge in [0.1, 0.15) is 17.3 Å². The van der Waals surface area contributed by atoms with Crippen molar-refractivity contribution >= 4 is 39.6 Å². The Labute approximate surface area is 199 Å². The second-order valence-corrected chi connectivity index (χ2v) is 9.28. The van der Waals surface area contributed by atoms with Crippen molar-refractivity contribution in [2.45, 2.75) is 26.3 Å². The Kier molecular flexibility index (Phi) is 7.21. The van der Waals surface area contributed by atoms with Gasteiger partial charge >= 0.3 is 0 Å². The molecule has 0 bridgehead atoms. The summed E-state index contributed by atoms with van der Waals surface area (Å²) in [5.41, 5.74) is 1.76. The lowest BCUT2D eigenvalue weighted by Crippen LogP contribution is -2.17. The molecule has 9 heteroatoms. The first-order valence-electron chi connectivity index (χ1n) is 10.3. The number of hydrogen-bond acceptors (Lipinski definition) is 7. The smallest absolute Gasteiger partial charge is 0.226 e. The van der Waals surface area contributed by atoms with Gasteiger partial charge in [-0.25, -0.2) is 4.98 Å². The number of hydrogen-bond donors (Lipinski definition) is 2. The van der Waals surface area contributed by atoms with Crippen molar-refractivity contribution in [1.29, 1.82) is 0 Å². The molecule has 0 fully saturated rings. The molecule has 33 heavy (non-hydrogen) atoms. The second-order valence-electron chi connectivity index (χ2n) is 7.26. The molecule has 0 unspecified atom stereocenters. The molecular weight excluding hydrogens is 458 g/mol. The highest BCUT2D eigenvalue weighted by Crippen LogP contribution is 2.31. The van der Waals surface area contributed by atoms with Crippen LogP contribution < -0.4 is 15.4 Å². The van der Waals surface area contributed by atoms with Crippen molar-refractivity contribution < 1.29 is 18.7 Å². The normalized spacial score (nSPS) is 10.7. The molecule has 0 aliphatic carbocycles. The lowest BCUT2D eigenvalue weighted by Gasteiger charge is -2.02. The summed E-state index contributed by atoms with van der Waals surface area (Å²) in [5.74, 6) is 2.12. The maximum absolute atomic E-state index is 12.4. The number of nitrogens with one attached hydrogen (secondary N) is 2. The SMILES string of the molecule is COc1ccc(-c2ccc(CCC(=O)Nc3nc(-c4ccc(CNC(C)=O)s4)cs3)o2)cc1. The fourth-order valence-electron chi connectivity index (χ4n) is 3.11. The third-order valence-electron chi connectivity index (χ3n) is 4.81. The van der Waals surface area contributed by atoms with Gasteiger partial charge in [0, 0.05) is 35.6 Å². The molecule has 0 saturated carbocycles. The number of methoxy groups -OCH3 is 1. The molecule has 2 N–H and O–H groups in total. The highest BCUT2D eigenvalue weighted by molar-refractivity contribution is 7.17. The summed E-state index contributed by atoms with van der Waals surface area (Å²) < 4.78 is 11.1. The zero-order chi connectivity index (χ0) is 23.2. The third-order valence-corrected chi connectivity index (χ3v) is 6.68. The summed E-state index contributed by atoms with van der Waals surface area (Å²) in [6.07, 6.45) is 0.794. The molecule has 0 saturated heterocycles. The number of thiazole rings is 1. The fourth-order valence-corrected chi connectivity index (χ4v) is 4.82. The van der Waals surface area contributed by atoms with Gasteiger partial charge in [-0.2, -0.15) is 0 Å². The van der Waals surface area contributed by atoms with Gasteiger partial charge in [0.05, 0.1) is 24.2 Å². The van der Waals surface area contributed by atoms with Crippen LogP contribution in [0.2, 0.25) is 0 Å². The average Bonchev–Trinajstić information content (AvgIpc) is 3.57. The highest BCUT2D eigenvalue weighted by atomic mass is 32.1. The topological polar surface area (TPSA) is 93.5 Å². The summed E-state index contributed by atoms with van der Waals surface area (Å²) in [4.78, 5) is 30.0. The minimum Gasteiger partial charge on any atom is -0.497 e. The molecule has 4 rings (SSSR count).